The number of benzene rings is 1. The molecule has 0 aliphatic carbocycles. The van der Waals surface area contributed by atoms with E-state index in [1.54, 1.807) is 0 Å². The van der Waals surface area contributed by atoms with Crippen LogP contribution in [0.25, 0.3) is 16.9 Å². The molecular weight excluding hydrogens is 347 g/mol. The fourth-order valence-corrected chi connectivity index (χ4v) is 2.97. The molecule has 3 N–H and O–H groups in total. The maximum atomic E-state index is 12.7. The zero-order valence-corrected chi connectivity index (χ0v) is 17.2. The van der Waals surface area contributed by atoms with Gasteiger partial charge < -0.3 is 11.1 Å². The third-order valence-electron chi connectivity index (χ3n) is 5.10. The molecule has 0 fully saturated rings. The number of nitrogens with zero attached hydrogens (tertiary/aromatic N) is 2. The fraction of sp³-hybridized carbons (Fsp3) is 0.273. The monoisotopic (exact) mass is 374 g/mol. The zero-order valence-electron chi connectivity index (χ0n) is 17.2. The number of carbonyl (C=O) groups excluding carboxylic acids is 1. The predicted molar refractivity (Wildman–Crippen MR) is 117 cm³/mol. The van der Waals surface area contributed by atoms with Crippen molar-refractivity contribution in [2.75, 3.05) is 0 Å². The van der Waals surface area contributed by atoms with E-state index >= 15 is 0 Å². The summed E-state index contributed by atoms with van der Waals surface area (Å²) in [7, 11) is 2.03. The van der Waals surface area contributed by atoms with Crippen LogP contribution in [0.3, 0.4) is 0 Å². The highest BCUT2D eigenvalue weighted by molar-refractivity contribution is 6.22. The second-order valence-corrected chi connectivity index (χ2v) is 8.20. The molecule has 1 unspecified atom stereocenters. The summed E-state index contributed by atoms with van der Waals surface area (Å²) in [6, 6.07) is 11.6. The molecular formula is C22H27BN4O. The summed E-state index contributed by atoms with van der Waals surface area (Å²) in [4.78, 5) is 17.2. The lowest BCUT2D eigenvalue weighted by molar-refractivity contribution is 0.0945. The number of nitrogens with one attached hydrogen (secondary N) is 1. The Morgan fingerprint density at radius 1 is 1.29 bits per heavy atom. The van der Waals surface area contributed by atoms with Gasteiger partial charge in [0.05, 0.1) is 18.1 Å². The summed E-state index contributed by atoms with van der Waals surface area (Å²) in [6.45, 7) is 8.39. The quantitative estimate of drug-likeness (QED) is 0.545. The van der Waals surface area contributed by atoms with Crippen molar-refractivity contribution in [3.8, 4) is 11.3 Å². The van der Waals surface area contributed by atoms with E-state index in [1.165, 1.54) is 0 Å². The van der Waals surface area contributed by atoms with E-state index in [0.29, 0.717) is 5.56 Å². The van der Waals surface area contributed by atoms with Crippen molar-refractivity contribution in [3.05, 3.63) is 71.5 Å². The van der Waals surface area contributed by atoms with Crippen LogP contribution in [0.1, 0.15) is 36.7 Å². The number of aromatic nitrogens is 2. The fourth-order valence-electron chi connectivity index (χ4n) is 2.97. The van der Waals surface area contributed by atoms with Crippen LogP contribution < -0.4 is 11.1 Å². The lowest BCUT2D eigenvalue weighted by Gasteiger charge is -2.22. The molecule has 1 atom stereocenters. The Balaban J connectivity index is 1.88. The predicted octanol–water partition coefficient (Wildman–Crippen LogP) is 2.89. The van der Waals surface area contributed by atoms with Crippen LogP contribution in [0, 0.1) is 12.3 Å². The topological polar surface area (TPSA) is 72.4 Å². The van der Waals surface area contributed by atoms with Crippen molar-refractivity contribution in [2.45, 2.75) is 33.9 Å². The maximum absolute atomic E-state index is 12.7. The van der Waals surface area contributed by atoms with Crippen molar-refractivity contribution in [3.63, 3.8) is 0 Å². The third-order valence-corrected chi connectivity index (χ3v) is 5.10. The van der Waals surface area contributed by atoms with Gasteiger partial charge in [-0.2, -0.15) is 0 Å². The molecule has 2 aromatic heterocycles. The summed E-state index contributed by atoms with van der Waals surface area (Å²) in [5.41, 5.74) is 11.7. The highest BCUT2D eigenvalue weighted by Gasteiger charge is 2.16. The van der Waals surface area contributed by atoms with Crippen LogP contribution in [0.5, 0.6) is 0 Å². The number of amides is 1. The zero-order chi connectivity index (χ0) is 20.5. The number of carbonyl (C=O) groups is 1. The smallest absolute Gasteiger partial charge is 0.252 e. The molecule has 1 aromatic carbocycles. The molecule has 28 heavy (non-hydrogen) atoms. The molecule has 144 valence electrons. The minimum Gasteiger partial charge on any atom is -0.333 e. The van der Waals surface area contributed by atoms with Crippen molar-refractivity contribution >= 4 is 19.4 Å². The average Bonchev–Trinajstić information content (AvgIpc) is 3.05. The Kier molecular flexibility index (Phi) is 5.43. The molecule has 3 aromatic rings. The van der Waals surface area contributed by atoms with E-state index in [9.17, 15) is 4.79 Å². The van der Waals surface area contributed by atoms with Gasteiger partial charge in [0.25, 0.3) is 5.91 Å². The van der Waals surface area contributed by atoms with Crippen molar-refractivity contribution in [1.29, 1.82) is 0 Å². The van der Waals surface area contributed by atoms with Crippen LogP contribution in [0.4, 0.5) is 0 Å². The Bertz CT molecular complexity index is 1050. The summed E-state index contributed by atoms with van der Waals surface area (Å²) in [5, 5.41) is 2.87. The number of imidazole rings is 1. The Morgan fingerprint density at radius 3 is 2.75 bits per heavy atom. The molecule has 6 heteroatoms. The van der Waals surface area contributed by atoms with Gasteiger partial charge in [0.2, 0.25) is 0 Å². The Morgan fingerprint density at radius 2 is 2.04 bits per heavy atom. The largest absolute Gasteiger partial charge is 0.333 e. The number of aryl methyl sites for hydroxylation is 1. The van der Waals surface area contributed by atoms with Gasteiger partial charge in [-0.05, 0) is 42.2 Å². The van der Waals surface area contributed by atoms with E-state index in [0.717, 1.165) is 27.9 Å². The Hall–Kier alpha value is -2.86. The number of fused-ring (bicyclic) bond motifs is 1. The molecule has 5 nitrogen and oxygen atoms in total. The van der Waals surface area contributed by atoms with E-state index < -0.39 is 6.17 Å². The van der Waals surface area contributed by atoms with Crippen LogP contribution in [-0.4, -0.2) is 29.3 Å². The first-order valence-corrected chi connectivity index (χ1v) is 9.45. The normalized spacial score (nSPS) is 13.5. The van der Waals surface area contributed by atoms with Crippen molar-refractivity contribution in [1.82, 2.24) is 14.7 Å². The number of hydrogen-bond donors (Lipinski definition) is 2. The number of hydrogen-bond acceptors (Lipinski definition) is 3. The first-order valence-electron chi connectivity index (χ1n) is 9.45. The summed E-state index contributed by atoms with van der Waals surface area (Å²) < 4.78 is 2.02. The van der Waals surface area contributed by atoms with E-state index in [1.807, 2.05) is 74.0 Å². The lowest BCUT2D eigenvalue weighted by atomic mass is 9.74. The first-order chi connectivity index (χ1) is 13.2. The van der Waals surface area contributed by atoms with Gasteiger partial charge in [0.15, 0.2) is 0 Å². The number of pyridine rings is 1. The average molecular weight is 374 g/mol. The minimum atomic E-state index is -0.535. The second-order valence-electron chi connectivity index (χ2n) is 8.20. The van der Waals surface area contributed by atoms with E-state index in [-0.39, 0.29) is 11.3 Å². The molecule has 0 spiro atoms. The number of rotatable bonds is 4. The SMILES string of the molecule is B/C(=C\C(N)NC(=O)c1ccc(C)c(-c2cnc3ccccn23)c1)C(C)(C)C. The molecule has 0 radical (unpaired) electrons. The number of allylic oxidation sites excluding steroid dienone is 1. The number of nitrogens with two attached hydrogens (primary N) is 1. The van der Waals surface area contributed by atoms with Crippen LogP contribution in [-0.2, 0) is 0 Å². The molecule has 0 saturated carbocycles. The molecule has 0 bridgehead atoms. The highest BCUT2D eigenvalue weighted by Crippen LogP contribution is 2.26. The molecule has 0 aliphatic rings. The van der Waals surface area contributed by atoms with Crippen LogP contribution >= 0.6 is 0 Å². The molecule has 0 saturated heterocycles. The van der Waals surface area contributed by atoms with E-state index in [4.69, 9.17) is 5.73 Å². The lowest BCUT2D eigenvalue weighted by Crippen LogP contribution is -2.40. The van der Waals surface area contributed by atoms with Gasteiger partial charge in [-0.3, -0.25) is 9.20 Å². The van der Waals surface area contributed by atoms with Gasteiger partial charge in [0, 0.05) is 17.3 Å². The van der Waals surface area contributed by atoms with Gasteiger partial charge in [-0.25, -0.2) is 4.98 Å². The molecule has 2 heterocycles. The molecule has 3 rings (SSSR count). The van der Waals surface area contributed by atoms with Crippen LogP contribution in [0.15, 0.2) is 60.3 Å². The van der Waals surface area contributed by atoms with Crippen molar-refractivity contribution < 1.29 is 4.79 Å². The minimum absolute atomic E-state index is 0.0163. The molecule has 0 aliphatic heterocycles. The van der Waals surface area contributed by atoms with Crippen molar-refractivity contribution in [2.24, 2.45) is 11.1 Å². The summed E-state index contributed by atoms with van der Waals surface area (Å²) in [5.74, 6) is -0.194. The highest BCUT2D eigenvalue weighted by atomic mass is 16.1. The van der Waals surface area contributed by atoms with Gasteiger partial charge in [0.1, 0.15) is 13.5 Å². The van der Waals surface area contributed by atoms with E-state index in [2.05, 4.69) is 31.1 Å². The summed E-state index contributed by atoms with van der Waals surface area (Å²) in [6.07, 6.45) is 5.17. The van der Waals surface area contributed by atoms with Gasteiger partial charge >= 0.3 is 0 Å². The third kappa shape index (κ3) is 4.17. The second kappa shape index (κ2) is 7.64. The Labute approximate surface area is 167 Å². The van der Waals surface area contributed by atoms with Crippen LogP contribution in [0.2, 0.25) is 0 Å². The summed E-state index contributed by atoms with van der Waals surface area (Å²) >= 11 is 0. The maximum Gasteiger partial charge on any atom is 0.252 e. The van der Waals surface area contributed by atoms with Gasteiger partial charge in [-0.15, -0.1) is 5.47 Å². The first kappa shape index (κ1) is 19.9. The van der Waals surface area contributed by atoms with Gasteiger partial charge in [-0.1, -0.05) is 39.0 Å². The standard InChI is InChI=1S/C22H27BN4O/c1-14-8-9-15(21(28)26-19(24)12-18(23)22(2,3)4)11-16(14)17-13-25-20-7-5-6-10-27(17)20/h5-13,19H,23-24H2,1-4H3,(H,26,28)/b18-12-. The molecule has 1 amide bonds.